The number of nitro groups is 1. The Hall–Kier alpha value is -2.49. The number of carbonyl (C=O) groups excluding carboxylic acids is 1. The SMILES string of the molecule is CC(C)(C(=O)c1ccccc1)[C@H](C[N+](=O)[O-])c1ccccc1. The summed E-state index contributed by atoms with van der Waals surface area (Å²) in [5, 5.41) is 11.1. The van der Waals surface area contributed by atoms with Crippen LogP contribution in [0.15, 0.2) is 60.7 Å². The van der Waals surface area contributed by atoms with E-state index in [9.17, 15) is 14.9 Å². The van der Waals surface area contributed by atoms with E-state index in [-0.39, 0.29) is 17.3 Å². The van der Waals surface area contributed by atoms with Crippen LogP contribution in [0.1, 0.15) is 35.7 Å². The average molecular weight is 297 g/mol. The van der Waals surface area contributed by atoms with Crippen LogP contribution in [0.25, 0.3) is 0 Å². The van der Waals surface area contributed by atoms with Gasteiger partial charge in [-0.3, -0.25) is 14.9 Å². The quantitative estimate of drug-likeness (QED) is 0.460. The molecule has 0 saturated heterocycles. The van der Waals surface area contributed by atoms with Crippen LogP contribution in [-0.2, 0) is 0 Å². The summed E-state index contributed by atoms with van der Waals surface area (Å²) in [7, 11) is 0. The van der Waals surface area contributed by atoms with E-state index in [1.807, 2.05) is 36.4 Å². The van der Waals surface area contributed by atoms with Crippen molar-refractivity contribution in [3.63, 3.8) is 0 Å². The number of carbonyl (C=O) groups is 1. The lowest BCUT2D eigenvalue weighted by Gasteiger charge is -2.31. The molecule has 22 heavy (non-hydrogen) atoms. The molecule has 0 aromatic heterocycles. The predicted molar refractivity (Wildman–Crippen MR) is 85.6 cm³/mol. The molecule has 2 aromatic rings. The van der Waals surface area contributed by atoms with Crippen LogP contribution in [0.3, 0.4) is 0 Å². The minimum Gasteiger partial charge on any atom is -0.294 e. The van der Waals surface area contributed by atoms with Gasteiger partial charge in [-0.15, -0.1) is 0 Å². The normalized spacial score (nSPS) is 12.6. The van der Waals surface area contributed by atoms with Gasteiger partial charge in [-0.1, -0.05) is 74.5 Å². The molecule has 0 heterocycles. The van der Waals surface area contributed by atoms with Crippen molar-refractivity contribution in [2.24, 2.45) is 5.41 Å². The van der Waals surface area contributed by atoms with Crippen molar-refractivity contribution in [2.45, 2.75) is 19.8 Å². The first-order valence-corrected chi connectivity index (χ1v) is 7.19. The van der Waals surface area contributed by atoms with Gasteiger partial charge in [0.15, 0.2) is 5.78 Å². The van der Waals surface area contributed by atoms with Crippen LogP contribution in [-0.4, -0.2) is 17.3 Å². The molecule has 4 heteroatoms. The zero-order valence-corrected chi connectivity index (χ0v) is 12.7. The van der Waals surface area contributed by atoms with Crippen molar-refractivity contribution in [3.8, 4) is 0 Å². The smallest absolute Gasteiger partial charge is 0.211 e. The lowest BCUT2D eigenvalue weighted by molar-refractivity contribution is -0.485. The highest BCUT2D eigenvalue weighted by Gasteiger charge is 2.40. The fraction of sp³-hybridized carbons (Fsp3) is 0.278. The van der Waals surface area contributed by atoms with Crippen LogP contribution >= 0.6 is 0 Å². The number of benzene rings is 2. The Morgan fingerprint density at radius 3 is 2.05 bits per heavy atom. The maximum atomic E-state index is 12.8. The summed E-state index contributed by atoms with van der Waals surface area (Å²) < 4.78 is 0. The van der Waals surface area contributed by atoms with E-state index >= 15 is 0 Å². The van der Waals surface area contributed by atoms with Gasteiger partial charge >= 0.3 is 0 Å². The van der Waals surface area contributed by atoms with Crippen molar-refractivity contribution in [2.75, 3.05) is 6.54 Å². The Morgan fingerprint density at radius 2 is 1.55 bits per heavy atom. The first kappa shape index (κ1) is 15.9. The summed E-state index contributed by atoms with van der Waals surface area (Å²) >= 11 is 0. The molecular weight excluding hydrogens is 278 g/mol. The van der Waals surface area contributed by atoms with E-state index in [4.69, 9.17) is 0 Å². The lowest BCUT2D eigenvalue weighted by atomic mass is 9.70. The molecular formula is C18H19NO3. The summed E-state index contributed by atoms with van der Waals surface area (Å²) in [6.07, 6.45) is 0. The number of nitrogens with zero attached hydrogens (tertiary/aromatic N) is 1. The minimum absolute atomic E-state index is 0.0798. The van der Waals surface area contributed by atoms with Gasteiger partial charge in [-0.05, 0) is 5.56 Å². The van der Waals surface area contributed by atoms with Gasteiger partial charge < -0.3 is 0 Å². The highest BCUT2D eigenvalue weighted by molar-refractivity contribution is 6.00. The maximum absolute atomic E-state index is 12.8. The van der Waals surface area contributed by atoms with E-state index in [0.717, 1.165) is 5.56 Å². The minimum atomic E-state index is -0.865. The van der Waals surface area contributed by atoms with E-state index in [1.165, 1.54) is 0 Å². The predicted octanol–water partition coefficient (Wildman–Crippen LogP) is 3.96. The number of hydrogen-bond acceptors (Lipinski definition) is 3. The fourth-order valence-electron chi connectivity index (χ4n) is 2.70. The van der Waals surface area contributed by atoms with Crippen molar-refractivity contribution < 1.29 is 9.72 Å². The summed E-state index contributed by atoms with van der Waals surface area (Å²) in [5.74, 6) is -0.555. The highest BCUT2D eigenvalue weighted by atomic mass is 16.6. The molecule has 0 aliphatic carbocycles. The molecule has 4 nitrogen and oxygen atoms in total. The molecule has 0 amide bonds. The molecule has 0 saturated carbocycles. The van der Waals surface area contributed by atoms with Crippen LogP contribution < -0.4 is 0 Å². The standard InChI is InChI=1S/C18H19NO3/c1-18(2,17(20)15-11-7-4-8-12-15)16(13-19(21)22)14-9-5-3-6-10-14/h3-12,16H,13H2,1-2H3/t16-/m1/s1. The second-order valence-corrected chi connectivity index (χ2v) is 5.90. The zero-order valence-electron chi connectivity index (χ0n) is 12.7. The van der Waals surface area contributed by atoms with Gasteiger partial charge in [0.2, 0.25) is 6.54 Å². The topological polar surface area (TPSA) is 60.2 Å². The van der Waals surface area contributed by atoms with Crippen molar-refractivity contribution in [1.29, 1.82) is 0 Å². The van der Waals surface area contributed by atoms with Crippen LogP contribution in [0.2, 0.25) is 0 Å². The van der Waals surface area contributed by atoms with E-state index in [2.05, 4.69) is 0 Å². The van der Waals surface area contributed by atoms with Gasteiger partial charge in [-0.25, -0.2) is 0 Å². The molecule has 0 aliphatic heterocycles. The Kier molecular flexibility index (Phi) is 4.71. The Bertz CT molecular complexity index is 651. The summed E-state index contributed by atoms with van der Waals surface area (Å²) in [5.41, 5.74) is 0.528. The average Bonchev–Trinajstić information content (AvgIpc) is 2.53. The molecule has 0 bridgehead atoms. The molecule has 2 rings (SSSR count). The second kappa shape index (κ2) is 6.52. The van der Waals surface area contributed by atoms with Crippen molar-refractivity contribution >= 4 is 5.78 Å². The van der Waals surface area contributed by atoms with Crippen LogP contribution in [0, 0.1) is 15.5 Å². The van der Waals surface area contributed by atoms with Gasteiger partial charge in [0.05, 0.1) is 5.92 Å². The zero-order chi connectivity index (χ0) is 16.2. The van der Waals surface area contributed by atoms with E-state index < -0.39 is 11.3 Å². The van der Waals surface area contributed by atoms with Crippen molar-refractivity contribution in [3.05, 3.63) is 81.9 Å². The Morgan fingerprint density at radius 1 is 1.05 bits per heavy atom. The van der Waals surface area contributed by atoms with Crippen LogP contribution in [0.4, 0.5) is 0 Å². The maximum Gasteiger partial charge on any atom is 0.211 e. The van der Waals surface area contributed by atoms with Crippen LogP contribution in [0.5, 0.6) is 0 Å². The van der Waals surface area contributed by atoms with Gasteiger partial charge in [0.25, 0.3) is 0 Å². The molecule has 1 atom stereocenters. The molecule has 0 spiro atoms. The summed E-state index contributed by atoms with van der Waals surface area (Å²) in [4.78, 5) is 23.6. The summed E-state index contributed by atoms with van der Waals surface area (Å²) in [6, 6.07) is 18.2. The first-order valence-electron chi connectivity index (χ1n) is 7.19. The largest absolute Gasteiger partial charge is 0.294 e. The second-order valence-electron chi connectivity index (χ2n) is 5.90. The van der Waals surface area contributed by atoms with Gasteiger partial charge in [-0.2, -0.15) is 0 Å². The molecule has 114 valence electrons. The van der Waals surface area contributed by atoms with Crippen molar-refractivity contribution in [1.82, 2.24) is 0 Å². The first-order chi connectivity index (χ1) is 10.4. The molecule has 0 radical (unpaired) electrons. The Balaban J connectivity index is 2.41. The number of rotatable bonds is 6. The molecule has 0 fully saturated rings. The van der Waals surface area contributed by atoms with E-state index in [0.29, 0.717) is 5.56 Å². The van der Waals surface area contributed by atoms with Gasteiger partial charge in [0.1, 0.15) is 0 Å². The number of hydrogen-bond donors (Lipinski definition) is 0. The number of Topliss-reactive ketones (excluding diaryl/α,β-unsaturated/α-hetero) is 1. The number of ketones is 1. The third kappa shape index (κ3) is 3.39. The Labute approximate surface area is 129 Å². The molecule has 2 aromatic carbocycles. The highest BCUT2D eigenvalue weighted by Crippen LogP contribution is 2.38. The molecule has 0 unspecified atom stereocenters. The summed E-state index contributed by atoms with van der Waals surface area (Å²) in [6.45, 7) is 3.29. The van der Waals surface area contributed by atoms with Gasteiger partial charge in [0, 0.05) is 15.9 Å². The third-order valence-corrected chi connectivity index (χ3v) is 4.03. The lowest BCUT2D eigenvalue weighted by Crippen LogP contribution is -2.35. The van der Waals surface area contributed by atoms with E-state index in [1.54, 1.807) is 38.1 Å². The molecule has 0 aliphatic rings. The third-order valence-electron chi connectivity index (χ3n) is 4.03. The fourth-order valence-corrected chi connectivity index (χ4v) is 2.70. The molecule has 0 N–H and O–H groups in total. The monoisotopic (exact) mass is 297 g/mol.